The highest BCUT2D eigenvalue weighted by Gasteiger charge is 2.53. The maximum Gasteiger partial charge on any atom is 0.524 e. The lowest BCUT2D eigenvalue weighted by atomic mass is 9.83. The van der Waals surface area contributed by atoms with Gasteiger partial charge in [-0.15, -0.1) is 0 Å². The van der Waals surface area contributed by atoms with E-state index in [1.54, 1.807) is 6.08 Å². The molecule has 0 aromatic carbocycles. The van der Waals surface area contributed by atoms with Gasteiger partial charge >= 0.3 is 7.12 Å². The molecule has 3 rings (SSSR count). The Hall–Kier alpha value is -0.605. The summed E-state index contributed by atoms with van der Waals surface area (Å²) < 4.78 is 25.8. The van der Waals surface area contributed by atoms with E-state index in [0.717, 1.165) is 6.42 Å². The van der Waals surface area contributed by atoms with Crippen molar-refractivity contribution >= 4 is 7.12 Å². The fourth-order valence-corrected chi connectivity index (χ4v) is 3.25. The van der Waals surface area contributed by atoms with E-state index in [0.29, 0.717) is 17.8 Å². The third-order valence-electron chi connectivity index (χ3n) is 5.18. The molecule has 1 saturated heterocycles. The van der Waals surface area contributed by atoms with Gasteiger partial charge in [-0.2, -0.15) is 0 Å². The summed E-state index contributed by atoms with van der Waals surface area (Å²) in [6.45, 7) is 7.78. The Morgan fingerprint density at radius 2 is 1.79 bits per heavy atom. The molecular weight excluding hydrogens is 242 g/mol. The molecule has 2 nitrogen and oxygen atoms in total. The minimum Gasteiger partial charge on any atom is -0.398 e. The van der Waals surface area contributed by atoms with Gasteiger partial charge in [-0.3, -0.25) is 0 Å². The van der Waals surface area contributed by atoms with Gasteiger partial charge in [0.2, 0.25) is 0 Å². The van der Waals surface area contributed by atoms with Gasteiger partial charge < -0.3 is 9.31 Å². The third-order valence-corrected chi connectivity index (χ3v) is 5.18. The monoisotopic (exact) mass is 264 g/mol. The molecule has 4 heteroatoms. The van der Waals surface area contributed by atoms with Gasteiger partial charge in [0.25, 0.3) is 0 Å². The van der Waals surface area contributed by atoms with Crippen LogP contribution in [0.5, 0.6) is 0 Å². The van der Waals surface area contributed by atoms with E-state index in [2.05, 4.69) is 12.2 Å². The van der Waals surface area contributed by atoms with E-state index in [4.69, 9.17) is 9.31 Å². The molecule has 1 aliphatic heterocycles. The topological polar surface area (TPSA) is 18.5 Å². The van der Waals surface area contributed by atoms with Crippen molar-refractivity contribution in [3.8, 4) is 0 Å². The number of halogens is 1. The number of fused-ring (bicyclic) bond motifs is 2. The molecule has 0 aromatic heterocycles. The molecule has 0 N–H and O–H groups in total. The van der Waals surface area contributed by atoms with Gasteiger partial charge in [-0.25, -0.2) is 4.39 Å². The zero-order chi connectivity index (χ0) is 13.8. The second kappa shape index (κ2) is 4.19. The second-order valence-electron chi connectivity index (χ2n) is 7.08. The summed E-state index contributed by atoms with van der Waals surface area (Å²) >= 11 is 0. The lowest BCUT2D eigenvalue weighted by Crippen LogP contribution is -2.41. The average molecular weight is 264 g/mol. The van der Waals surface area contributed by atoms with E-state index < -0.39 is 18.3 Å². The zero-order valence-corrected chi connectivity index (χ0v) is 12.2. The summed E-state index contributed by atoms with van der Waals surface area (Å²) in [7, 11) is -0.840. The SMILES string of the molecule is CC1(C)OB(C(F)=CC2CC3C=CC2C3)OC1(C)C. The van der Waals surface area contributed by atoms with Crippen LogP contribution in [0.25, 0.3) is 0 Å². The molecule has 104 valence electrons. The normalized spacial score (nSPS) is 39.3. The van der Waals surface area contributed by atoms with Crippen molar-refractivity contribution in [3.05, 3.63) is 24.0 Å². The first kappa shape index (κ1) is 13.4. The van der Waals surface area contributed by atoms with Crippen LogP contribution in [0.15, 0.2) is 24.0 Å². The van der Waals surface area contributed by atoms with E-state index in [9.17, 15) is 4.39 Å². The van der Waals surface area contributed by atoms with Gasteiger partial charge in [0.1, 0.15) is 5.73 Å². The van der Waals surface area contributed by atoms with Crippen molar-refractivity contribution in [2.24, 2.45) is 17.8 Å². The van der Waals surface area contributed by atoms with E-state index in [1.165, 1.54) is 6.42 Å². The van der Waals surface area contributed by atoms with E-state index in [1.807, 2.05) is 27.7 Å². The van der Waals surface area contributed by atoms with Crippen molar-refractivity contribution in [2.45, 2.75) is 51.7 Å². The molecule has 3 atom stereocenters. The fourth-order valence-electron chi connectivity index (χ4n) is 3.25. The largest absolute Gasteiger partial charge is 0.524 e. The Balaban J connectivity index is 1.72. The van der Waals surface area contributed by atoms with Crippen molar-refractivity contribution in [1.82, 2.24) is 0 Å². The zero-order valence-electron chi connectivity index (χ0n) is 12.2. The first-order valence-electron chi connectivity index (χ1n) is 7.20. The minimum atomic E-state index is -0.840. The van der Waals surface area contributed by atoms with Crippen molar-refractivity contribution in [1.29, 1.82) is 0 Å². The number of rotatable bonds is 2. The standard InChI is InChI=1S/C15H22BFO2/c1-14(2)15(3,4)19-16(18-14)13(17)9-12-8-10-5-6-11(12)7-10/h5-6,9-12H,7-8H2,1-4H3. The van der Waals surface area contributed by atoms with Crippen molar-refractivity contribution < 1.29 is 13.7 Å². The number of hydrogen-bond donors (Lipinski definition) is 0. The Morgan fingerprint density at radius 3 is 2.26 bits per heavy atom. The van der Waals surface area contributed by atoms with Crippen molar-refractivity contribution in [2.75, 3.05) is 0 Å². The molecule has 2 fully saturated rings. The molecule has 3 aliphatic rings. The van der Waals surface area contributed by atoms with Crippen LogP contribution in [0, 0.1) is 17.8 Å². The van der Waals surface area contributed by atoms with Crippen LogP contribution in [0.2, 0.25) is 0 Å². The summed E-state index contributed by atoms with van der Waals surface area (Å²) in [6.07, 6.45) is 8.47. The van der Waals surface area contributed by atoms with Gasteiger partial charge in [0, 0.05) is 0 Å². The first-order valence-corrected chi connectivity index (χ1v) is 7.20. The molecular formula is C15H22BFO2. The average Bonchev–Trinajstić information content (AvgIpc) is 2.93. The van der Waals surface area contributed by atoms with E-state index >= 15 is 0 Å². The molecule has 1 heterocycles. The summed E-state index contributed by atoms with van der Waals surface area (Å²) in [5.74, 6) is 1.48. The van der Waals surface area contributed by atoms with Crippen LogP contribution in [0.3, 0.4) is 0 Å². The Bertz CT molecular complexity index is 425. The molecule has 2 bridgehead atoms. The Labute approximate surface area is 115 Å². The predicted octanol–water partition coefficient (Wildman–Crippen LogP) is 3.68. The Kier molecular flexibility index (Phi) is 2.95. The van der Waals surface area contributed by atoms with Crippen LogP contribution in [0.4, 0.5) is 4.39 Å². The van der Waals surface area contributed by atoms with Gasteiger partial charge in [0.15, 0.2) is 0 Å². The van der Waals surface area contributed by atoms with Gasteiger partial charge in [0.05, 0.1) is 11.2 Å². The van der Waals surface area contributed by atoms with Crippen LogP contribution in [-0.4, -0.2) is 18.3 Å². The predicted molar refractivity (Wildman–Crippen MR) is 74.1 cm³/mol. The van der Waals surface area contributed by atoms with Crippen LogP contribution < -0.4 is 0 Å². The maximum absolute atomic E-state index is 14.4. The molecule has 19 heavy (non-hydrogen) atoms. The molecule has 0 aromatic rings. The highest BCUT2D eigenvalue weighted by molar-refractivity contribution is 6.53. The highest BCUT2D eigenvalue weighted by atomic mass is 19.1. The lowest BCUT2D eigenvalue weighted by molar-refractivity contribution is 0.00578. The Morgan fingerprint density at radius 1 is 1.16 bits per heavy atom. The van der Waals surface area contributed by atoms with Crippen molar-refractivity contribution in [3.63, 3.8) is 0 Å². The molecule has 0 amide bonds. The van der Waals surface area contributed by atoms with E-state index in [-0.39, 0.29) is 5.73 Å². The summed E-state index contributed by atoms with van der Waals surface area (Å²) in [5.41, 5.74) is -1.21. The molecule has 3 unspecified atom stereocenters. The molecule has 0 radical (unpaired) electrons. The molecule has 1 saturated carbocycles. The third kappa shape index (κ3) is 2.19. The maximum atomic E-state index is 14.4. The minimum absolute atomic E-state index is 0.260. The number of allylic oxidation sites excluding steroid dienone is 3. The van der Waals surface area contributed by atoms with Crippen LogP contribution in [-0.2, 0) is 9.31 Å². The highest BCUT2D eigenvalue weighted by Crippen LogP contribution is 2.45. The number of hydrogen-bond acceptors (Lipinski definition) is 2. The first-order chi connectivity index (χ1) is 8.78. The fraction of sp³-hybridized carbons (Fsp3) is 0.733. The van der Waals surface area contributed by atoms with Crippen LogP contribution >= 0.6 is 0 Å². The second-order valence-corrected chi connectivity index (χ2v) is 7.08. The quantitative estimate of drug-likeness (QED) is 0.559. The van der Waals surface area contributed by atoms with Gasteiger partial charge in [-0.1, -0.05) is 18.2 Å². The summed E-state index contributed by atoms with van der Waals surface area (Å²) in [6, 6.07) is 0. The summed E-state index contributed by atoms with van der Waals surface area (Å²) in [5, 5.41) is 0. The van der Waals surface area contributed by atoms with Gasteiger partial charge in [-0.05, 0) is 58.3 Å². The summed E-state index contributed by atoms with van der Waals surface area (Å²) in [4.78, 5) is 0. The molecule has 0 spiro atoms. The lowest BCUT2D eigenvalue weighted by Gasteiger charge is -2.32. The smallest absolute Gasteiger partial charge is 0.398 e. The molecule has 2 aliphatic carbocycles. The van der Waals surface area contributed by atoms with Crippen LogP contribution in [0.1, 0.15) is 40.5 Å².